The van der Waals surface area contributed by atoms with Gasteiger partial charge in [-0.05, 0) is 5.92 Å². The van der Waals surface area contributed by atoms with E-state index in [-0.39, 0.29) is 12.5 Å². The summed E-state index contributed by atoms with van der Waals surface area (Å²) in [4.78, 5) is 33.5. The van der Waals surface area contributed by atoms with Crippen molar-refractivity contribution in [2.75, 3.05) is 6.61 Å². The van der Waals surface area contributed by atoms with Crippen LogP contribution in [0.3, 0.4) is 0 Å². The van der Waals surface area contributed by atoms with E-state index in [1.54, 1.807) is 0 Å². The summed E-state index contributed by atoms with van der Waals surface area (Å²) in [5, 5.41) is 0. The first kappa shape index (κ1) is 17.4. The van der Waals surface area contributed by atoms with Crippen LogP contribution in [-0.4, -0.2) is 48.9 Å². The fourth-order valence-electron chi connectivity index (χ4n) is 2.29. The van der Waals surface area contributed by atoms with Crippen molar-refractivity contribution in [2.24, 2.45) is 5.92 Å². The van der Waals surface area contributed by atoms with E-state index >= 15 is 0 Å². The Morgan fingerprint density at radius 2 is 1.48 bits per heavy atom. The highest BCUT2D eigenvalue weighted by Gasteiger charge is 2.50. The van der Waals surface area contributed by atoms with E-state index in [2.05, 4.69) is 0 Å². The largest absolute Gasteiger partial charge is 0.463 e. The van der Waals surface area contributed by atoms with Gasteiger partial charge in [0.05, 0.1) is 0 Å². The van der Waals surface area contributed by atoms with Crippen LogP contribution >= 0.6 is 0 Å². The average molecular weight is 302 g/mol. The summed E-state index contributed by atoms with van der Waals surface area (Å²) < 4.78 is 21.2. The quantitative estimate of drug-likeness (QED) is 0.549. The van der Waals surface area contributed by atoms with Crippen molar-refractivity contribution in [1.29, 1.82) is 0 Å². The van der Waals surface area contributed by atoms with Crippen LogP contribution in [0.5, 0.6) is 0 Å². The molecule has 1 aliphatic heterocycles. The Morgan fingerprint density at radius 3 is 1.90 bits per heavy atom. The van der Waals surface area contributed by atoms with Crippen LogP contribution < -0.4 is 0 Å². The molecule has 1 unspecified atom stereocenters. The number of hydrogen-bond donors (Lipinski definition) is 0. The van der Waals surface area contributed by atoms with Crippen LogP contribution in [0, 0.1) is 5.92 Å². The third-order valence-electron chi connectivity index (χ3n) is 3.06. The Kier molecular flexibility index (Phi) is 6.14. The maximum absolute atomic E-state index is 11.3. The van der Waals surface area contributed by atoms with Gasteiger partial charge in [0.2, 0.25) is 0 Å². The summed E-state index contributed by atoms with van der Waals surface area (Å²) in [6, 6.07) is 0. The monoisotopic (exact) mass is 302 g/mol. The van der Waals surface area contributed by atoms with E-state index in [1.165, 1.54) is 20.8 Å². The van der Waals surface area contributed by atoms with Crippen molar-refractivity contribution >= 4 is 17.9 Å². The Bertz CT molecular complexity index is 404. The van der Waals surface area contributed by atoms with Gasteiger partial charge in [-0.15, -0.1) is 0 Å². The Morgan fingerprint density at radius 1 is 0.952 bits per heavy atom. The summed E-state index contributed by atoms with van der Waals surface area (Å²) in [5.74, 6) is -1.43. The molecule has 120 valence electrons. The van der Waals surface area contributed by atoms with Crippen LogP contribution in [0.2, 0.25) is 0 Å². The summed E-state index contributed by atoms with van der Waals surface area (Å²) in [7, 11) is 0. The van der Waals surface area contributed by atoms with E-state index in [0.717, 1.165) is 0 Å². The van der Waals surface area contributed by atoms with Crippen LogP contribution in [0.4, 0.5) is 0 Å². The van der Waals surface area contributed by atoms with Gasteiger partial charge in [0.1, 0.15) is 18.8 Å². The van der Waals surface area contributed by atoms with E-state index in [9.17, 15) is 14.4 Å². The molecule has 0 radical (unpaired) electrons. The molecule has 0 aliphatic carbocycles. The van der Waals surface area contributed by atoms with E-state index in [1.807, 2.05) is 13.8 Å². The molecule has 0 saturated carbocycles. The number of carbonyl (C=O) groups is 3. The Balaban J connectivity index is 2.93. The van der Waals surface area contributed by atoms with Crippen molar-refractivity contribution < 1.29 is 33.3 Å². The van der Waals surface area contributed by atoms with Crippen molar-refractivity contribution in [3.05, 3.63) is 0 Å². The smallest absolute Gasteiger partial charge is 0.303 e. The van der Waals surface area contributed by atoms with Crippen molar-refractivity contribution in [1.82, 2.24) is 0 Å². The molecule has 0 spiro atoms. The van der Waals surface area contributed by atoms with Gasteiger partial charge >= 0.3 is 17.9 Å². The van der Waals surface area contributed by atoms with E-state index in [0.29, 0.717) is 0 Å². The fraction of sp³-hybridized carbons (Fsp3) is 0.786. The number of rotatable bonds is 5. The average Bonchev–Trinajstić information content (AvgIpc) is 2.64. The van der Waals surface area contributed by atoms with Gasteiger partial charge in [0.25, 0.3) is 0 Å². The number of ether oxygens (including phenoxy) is 4. The molecule has 0 N–H and O–H groups in total. The second-order valence-corrected chi connectivity index (χ2v) is 5.33. The second kappa shape index (κ2) is 7.40. The molecule has 1 fully saturated rings. The highest BCUT2D eigenvalue weighted by Crippen LogP contribution is 2.31. The SMILES string of the molecule is CC(=O)OC[C@@H]1OC(C(C)C)[C@@H](OC(C)=O)[C@@H]1OC(C)=O. The minimum absolute atomic E-state index is 0.0368. The number of esters is 3. The highest BCUT2D eigenvalue weighted by atomic mass is 16.6. The van der Waals surface area contributed by atoms with Crippen LogP contribution in [0.15, 0.2) is 0 Å². The van der Waals surface area contributed by atoms with Gasteiger partial charge in [-0.3, -0.25) is 14.4 Å². The van der Waals surface area contributed by atoms with Crippen molar-refractivity contribution in [3.63, 3.8) is 0 Å². The minimum Gasteiger partial charge on any atom is -0.463 e. The van der Waals surface area contributed by atoms with Gasteiger partial charge in [-0.25, -0.2) is 0 Å². The zero-order chi connectivity index (χ0) is 16.2. The first-order valence-corrected chi connectivity index (χ1v) is 6.85. The minimum atomic E-state index is -0.793. The van der Waals surface area contributed by atoms with E-state index in [4.69, 9.17) is 18.9 Å². The Labute approximate surface area is 123 Å². The molecule has 1 saturated heterocycles. The molecular formula is C14H22O7. The topological polar surface area (TPSA) is 88.1 Å². The van der Waals surface area contributed by atoms with Gasteiger partial charge < -0.3 is 18.9 Å². The maximum Gasteiger partial charge on any atom is 0.303 e. The number of hydrogen-bond acceptors (Lipinski definition) is 7. The lowest BCUT2D eigenvalue weighted by Gasteiger charge is -2.24. The lowest BCUT2D eigenvalue weighted by molar-refractivity contribution is -0.166. The van der Waals surface area contributed by atoms with Crippen LogP contribution in [-0.2, 0) is 33.3 Å². The molecule has 1 aliphatic rings. The number of carbonyl (C=O) groups excluding carboxylic acids is 3. The van der Waals surface area contributed by atoms with Crippen molar-refractivity contribution in [2.45, 2.75) is 59.0 Å². The second-order valence-electron chi connectivity index (χ2n) is 5.33. The fourth-order valence-corrected chi connectivity index (χ4v) is 2.29. The molecule has 1 heterocycles. The normalized spacial score (nSPS) is 28.3. The third kappa shape index (κ3) is 5.00. The molecule has 0 aromatic heterocycles. The molecule has 0 bridgehead atoms. The molecule has 21 heavy (non-hydrogen) atoms. The van der Waals surface area contributed by atoms with Crippen molar-refractivity contribution in [3.8, 4) is 0 Å². The predicted octanol–water partition coefficient (Wildman–Crippen LogP) is 0.836. The zero-order valence-electron chi connectivity index (χ0n) is 13.0. The van der Waals surface area contributed by atoms with E-state index < -0.39 is 42.3 Å². The van der Waals surface area contributed by atoms with Gasteiger partial charge in [0, 0.05) is 20.8 Å². The lowest BCUT2D eigenvalue weighted by Crippen LogP contribution is -2.42. The predicted molar refractivity (Wildman–Crippen MR) is 71.2 cm³/mol. The first-order chi connectivity index (χ1) is 9.72. The van der Waals surface area contributed by atoms with Gasteiger partial charge in [0.15, 0.2) is 12.2 Å². The molecular weight excluding hydrogens is 280 g/mol. The van der Waals surface area contributed by atoms with Gasteiger partial charge in [-0.2, -0.15) is 0 Å². The van der Waals surface area contributed by atoms with Crippen LogP contribution in [0.1, 0.15) is 34.6 Å². The zero-order valence-corrected chi connectivity index (χ0v) is 13.0. The molecule has 1 rings (SSSR count). The summed E-state index contributed by atoms with van der Waals surface area (Å²) in [5.41, 5.74) is 0. The summed E-state index contributed by atoms with van der Waals surface area (Å²) in [6.45, 7) is 7.56. The molecule has 0 aromatic rings. The molecule has 0 aromatic carbocycles. The van der Waals surface area contributed by atoms with Gasteiger partial charge in [-0.1, -0.05) is 13.8 Å². The molecule has 0 amide bonds. The summed E-state index contributed by atoms with van der Waals surface area (Å²) in [6.07, 6.45) is -2.60. The third-order valence-corrected chi connectivity index (χ3v) is 3.06. The standard InChI is InChI=1S/C14H22O7/c1-7(2)12-14(20-10(5)17)13(19-9(4)16)11(21-12)6-18-8(3)15/h7,11-14H,6H2,1-5H3/t11-,12?,13+,14+/m0/s1. The maximum atomic E-state index is 11.3. The molecule has 7 nitrogen and oxygen atoms in total. The Hall–Kier alpha value is -1.63. The van der Waals surface area contributed by atoms with Crippen LogP contribution in [0.25, 0.3) is 0 Å². The lowest BCUT2D eigenvalue weighted by atomic mass is 9.99. The highest BCUT2D eigenvalue weighted by molar-refractivity contribution is 5.68. The molecule has 4 atom stereocenters. The first-order valence-electron chi connectivity index (χ1n) is 6.85. The molecule has 7 heteroatoms. The summed E-state index contributed by atoms with van der Waals surface area (Å²) >= 11 is 0.